The van der Waals surface area contributed by atoms with Crippen LogP contribution in [0.2, 0.25) is 0 Å². The van der Waals surface area contributed by atoms with Crippen LogP contribution in [-0.2, 0) is 20.5 Å². The molecule has 1 amide bonds. The van der Waals surface area contributed by atoms with Gasteiger partial charge in [-0.25, -0.2) is 0 Å². The summed E-state index contributed by atoms with van der Waals surface area (Å²) in [5.74, 6) is -1.10. The van der Waals surface area contributed by atoms with Crippen LogP contribution in [0.1, 0.15) is 35.7 Å². The van der Waals surface area contributed by atoms with Crippen molar-refractivity contribution in [2.45, 2.75) is 31.5 Å². The number of carbonyl (C=O) groups is 2. The molecule has 2 aromatic rings. The molecule has 1 unspecified atom stereocenters. The van der Waals surface area contributed by atoms with E-state index in [4.69, 9.17) is 4.74 Å². The van der Waals surface area contributed by atoms with Gasteiger partial charge in [-0.2, -0.15) is 13.2 Å². The lowest BCUT2D eigenvalue weighted by Gasteiger charge is -2.33. The number of carbonyl (C=O) groups excluding carboxylic acids is 2. The maximum Gasteiger partial charge on any atom is 0.416 e. The second kappa shape index (κ2) is 10.2. The molecule has 2 heterocycles. The van der Waals surface area contributed by atoms with Gasteiger partial charge in [0.15, 0.2) is 0 Å². The van der Waals surface area contributed by atoms with E-state index in [9.17, 15) is 32.9 Å². The molecule has 178 valence electrons. The third-order valence-corrected chi connectivity index (χ3v) is 6.49. The molecular weight excluding hydrogens is 463 g/mol. The number of methoxy groups -OCH3 is 1. The molecule has 3 rings (SSSR count). The van der Waals surface area contributed by atoms with E-state index in [1.165, 1.54) is 18.4 Å². The number of hydrogen-bond acceptors (Lipinski definition) is 7. The molecule has 33 heavy (non-hydrogen) atoms. The lowest BCUT2D eigenvalue weighted by atomic mass is 9.94. The fourth-order valence-electron chi connectivity index (χ4n) is 3.75. The van der Waals surface area contributed by atoms with E-state index in [2.05, 4.69) is 5.32 Å². The van der Waals surface area contributed by atoms with Gasteiger partial charge in [-0.15, -0.1) is 11.3 Å². The van der Waals surface area contributed by atoms with Crippen molar-refractivity contribution in [2.24, 2.45) is 5.92 Å². The minimum atomic E-state index is -4.68. The molecule has 1 saturated heterocycles. The number of piperidine rings is 1. The normalized spacial score (nSPS) is 15.7. The first-order chi connectivity index (χ1) is 15.6. The molecule has 0 radical (unpaired) electrons. The summed E-state index contributed by atoms with van der Waals surface area (Å²) in [4.78, 5) is 37.6. The van der Waals surface area contributed by atoms with Crippen LogP contribution in [0.3, 0.4) is 0 Å². The standard InChI is InChI=1S/C21H22F3N3O5S/c1-32-19(28)12-15(18-3-2-10-33-18)25-20(29)13-6-8-26(9-7-13)16-5-4-14(21(22,23)24)11-17(16)27(30)31/h2-5,10-11,13,15H,6-9,12H2,1H3,(H,25,29). The molecule has 0 aliphatic carbocycles. The van der Waals surface area contributed by atoms with E-state index in [1.54, 1.807) is 4.90 Å². The lowest BCUT2D eigenvalue weighted by molar-refractivity contribution is -0.384. The summed E-state index contributed by atoms with van der Waals surface area (Å²) in [5.41, 5.74) is -1.62. The number of esters is 1. The number of nitrogens with one attached hydrogen (secondary N) is 1. The molecule has 1 atom stereocenters. The molecule has 1 aliphatic heterocycles. The van der Waals surface area contributed by atoms with Crippen molar-refractivity contribution in [3.63, 3.8) is 0 Å². The van der Waals surface area contributed by atoms with Gasteiger partial charge in [-0.05, 0) is 36.4 Å². The number of ether oxygens (including phenoxy) is 1. The van der Waals surface area contributed by atoms with Crippen LogP contribution in [0.25, 0.3) is 0 Å². The number of hydrogen-bond donors (Lipinski definition) is 1. The van der Waals surface area contributed by atoms with Gasteiger partial charge >= 0.3 is 12.1 Å². The Balaban J connectivity index is 1.67. The van der Waals surface area contributed by atoms with Crippen LogP contribution in [0.4, 0.5) is 24.5 Å². The van der Waals surface area contributed by atoms with Gasteiger partial charge in [0.25, 0.3) is 5.69 Å². The molecular formula is C21H22F3N3O5S. The molecule has 0 saturated carbocycles. The molecule has 1 aliphatic rings. The average molecular weight is 485 g/mol. The Hall–Kier alpha value is -3.15. The van der Waals surface area contributed by atoms with E-state index < -0.39 is 40.3 Å². The Morgan fingerprint density at radius 2 is 2.00 bits per heavy atom. The van der Waals surface area contributed by atoms with Gasteiger partial charge in [0.2, 0.25) is 5.91 Å². The Bertz CT molecular complexity index is 1010. The zero-order valence-electron chi connectivity index (χ0n) is 17.6. The molecule has 8 nitrogen and oxygen atoms in total. The Labute approximate surface area is 191 Å². The SMILES string of the molecule is COC(=O)CC(NC(=O)C1CCN(c2ccc(C(F)(F)F)cc2[N+](=O)[O-])CC1)c1cccs1. The Morgan fingerprint density at radius 3 is 2.55 bits per heavy atom. The zero-order valence-corrected chi connectivity index (χ0v) is 18.4. The lowest BCUT2D eigenvalue weighted by Crippen LogP contribution is -2.42. The van der Waals surface area contributed by atoms with Gasteiger partial charge in [-0.3, -0.25) is 19.7 Å². The zero-order chi connectivity index (χ0) is 24.2. The summed E-state index contributed by atoms with van der Waals surface area (Å²) < 4.78 is 43.5. The Kier molecular flexibility index (Phi) is 7.57. The second-order valence-electron chi connectivity index (χ2n) is 7.58. The molecule has 0 spiro atoms. The maximum atomic E-state index is 12.9. The summed E-state index contributed by atoms with van der Waals surface area (Å²) in [6, 6.07) is 5.55. The third-order valence-electron chi connectivity index (χ3n) is 5.51. The van der Waals surface area contributed by atoms with Crippen molar-refractivity contribution >= 4 is 34.6 Å². The first-order valence-corrected chi connectivity index (χ1v) is 11.0. The molecule has 1 aromatic heterocycles. The fraction of sp³-hybridized carbons (Fsp3) is 0.429. The van der Waals surface area contributed by atoms with Crippen molar-refractivity contribution in [1.29, 1.82) is 0 Å². The summed E-state index contributed by atoms with van der Waals surface area (Å²) >= 11 is 1.40. The predicted molar refractivity (Wildman–Crippen MR) is 115 cm³/mol. The molecule has 1 N–H and O–H groups in total. The highest BCUT2D eigenvalue weighted by Gasteiger charge is 2.35. The minimum Gasteiger partial charge on any atom is -0.469 e. The topological polar surface area (TPSA) is 102 Å². The first-order valence-electron chi connectivity index (χ1n) is 10.1. The van der Waals surface area contributed by atoms with Crippen molar-refractivity contribution in [1.82, 2.24) is 5.32 Å². The van der Waals surface area contributed by atoms with E-state index in [0.717, 1.165) is 17.0 Å². The van der Waals surface area contributed by atoms with Crippen LogP contribution in [0.15, 0.2) is 35.7 Å². The summed E-state index contributed by atoms with van der Waals surface area (Å²) in [7, 11) is 1.27. The predicted octanol–water partition coefficient (Wildman–Crippen LogP) is 4.31. The highest BCUT2D eigenvalue weighted by molar-refractivity contribution is 7.10. The third kappa shape index (κ3) is 6.01. The van der Waals surface area contributed by atoms with Gasteiger partial charge in [-0.1, -0.05) is 6.07 Å². The van der Waals surface area contributed by atoms with E-state index >= 15 is 0 Å². The number of nitro benzene ring substituents is 1. The Morgan fingerprint density at radius 1 is 1.30 bits per heavy atom. The van der Waals surface area contributed by atoms with E-state index in [1.807, 2.05) is 17.5 Å². The van der Waals surface area contributed by atoms with Crippen molar-refractivity contribution in [2.75, 3.05) is 25.1 Å². The van der Waals surface area contributed by atoms with Gasteiger partial charge in [0.1, 0.15) is 5.69 Å². The van der Waals surface area contributed by atoms with Gasteiger partial charge in [0.05, 0.1) is 30.1 Å². The first kappa shape index (κ1) is 24.5. The van der Waals surface area contributed by atoms with Gasteiger partial charge < -0.3 is 15.0 Å². The number of amides is 1. The average Bonchev–Trinajstić information content (AvgIpc) is 3.32. The maximum absolute atomic E-state index is 12.9. The molecule has 1 aromatic carbocycles. The number of benzene rings is 1. The highest BCUT2D eigenvalue weighted by atomic mass is 32.1. The summed E-state index contributed by atoms with van der Waals surface area (Å²) in [6.45, 7) is 0.538. The van der Waals surface area contributed by atoms with Crippen LogP contribution in [0, 0.1) is 16.0 Å². The van der Waals surface area contributed by atoms with Crippen molar-refractivity contribution in [3.05, 3.63) is 56.3 Å². The number of anilines is 1. The number of rotatable bonds is 7. The number of alkyl halides is 3. The number of nitro groups is 1. The number of halogens is 3. The number of thiophene rings is 1. The van der Waals surface area contributed by atoms with E-state index in [-0.39, 0.29) is 31.1 Å². The summed E-state index contributed by atoms with van der Waals surface area (Å²) in [5, 5.41) is 16.1. The van der Waals surface area contributed by atoms with Crippen molar-refractivity contribution in [3.8, 4) is 0 Å². The van der Waals surface area contributed by atoms with Gasteiger partial charge in [0, 0.05) is 30.0 Å². The highest BCUT2D eigenvalue weighted by Crippen LogP contribution is 2.37. The van der Waals surface area contributed by atoms with Crippen LogP contribution in [0.5, 0.6) is 0 Å². The van der Waals surface area contributed by atoms with Crippen LogP contribution < -0.4 is 10.2 Å². The quantitative estimate of drug-likeness (QED) is 0.356. The van der Waals surface area contributed by atoms with Crippen LogP contribution >= 0.6 is 11.3 Å². The largest absolute Gasteiger partial charge is 0.469 e. The summed E-state index contributed by atoms with van der Waals surface area (Å²) in [6.07, 6.45) is -3.98. The molecule has 12 heteroatoms. The molecule has 1 fully saturated rings. The van der Waals surface area contributed by atoms with E-state index in [0.29, 0.717) is 18.9 Å². The smallest absolute Gasteiger partial charge is 0.416 e. The second-order valence-corrected chi connectivity index (χ2v) is 8.56. The van der Waals surface area contributed by atoms with Crippen LogP contribution in [-0.4, -0.2) is 37.0 Å². The van der Waals surface area contributed by atoms with Crippen molar-refractivity contribution < 1.29 is 32.4 Å². The molecule has 0 bridgehead atoms. The fourth-order valence-corrected chi connectivity index (χ4v) is 4.53. The monoisotopic (exact) mass is 485 g/mol. The minimum absolute atomic E-state index is 0.0145. The number of nitrogens with zero attached hydrogens (tertiary/aromatic N) is 2.